The Morgan fingerprint density at radius 2 is 2.10 bits per heavy atom. The van der Waals surface area contributed by atoms with E-state index in [-0.39, 0.29) is 11.8 Å². The van der Waals surface area contributed by atoms with Gasteiger partial charge in [0.05, 0.1) is 6.04 Å². The quantitative estimate of drug-likeness (QED) is 0.785. The summed E-state index contributed by atoms with van der Waals surface area (Å²) < 4.78 is 0. The van der Waals surface area contributed by atoms with E-state index in [2.05, 4.69) is 16.8 Å². The normalized spacial score (nSPS) is 14.0. The molecule has 1 aromatic heterocycles. The van der Waals surface area contributed by atoms with Crippen molar-refractivity contribution in [1.82, 2.24) is 14.8 Å². The third-order valence-corrected chi connectivity index (χ3v) is 3.77. The highest BCUT2D eigenvalue weighted by Gasteiger charge is 2.25. The molecule has 2 atom stereocenters. The first-order valence-electron chi connectivity index (χ1n) is 7.53. The molecular weight excluding hydrogens is 264 g/mol. The topological polar surface area (TPSA) is 62.5 Å². The molecule has 0 aromatic carbocycles. The van der Waals surface area contributed by atoms with E-state index in [1.807, 2.05) is 38.1 Å². The molecule has 5 heteroatoms. The molecule has 1 aromatic rings. The van der Waals surface area contributed by atoms with E-state index in [0.29, 0.717) is 13.1 Å². The van der Waals surface area contributed by atoms with Gasteiger partial charge in [-0.05, 0) is 31.6 Å². The minimum Gasteiger partial charge on any atom is -0.336 e. The van der Waals surface area contributed by atoms with Crippen LogP contribution in [-0.2, 0) is 11.3 Å². The minimum atomic E-state index is -0.436. The number of amides is 1. The van der Waals surface area contributed by atoms with Crippen molar-refractivity contribution in [3.63, 3.8) is 0 Å². The summed E-state index contributed by atoms with van der Waals surface area (Å²) in [4.78, 5) is 20.6. The minimum absolute atomic E-state index is 0.0232. The lowest BCUT2D eigenvalue weighted by molar-refractivity contribution is -0.134. The Balaban J connectivity index is 2.78. The molecule has 0 radical (unpaired) electrons. The monoisotopic (exact) mass is 292 g/mol. The van der Waals surface area contributed by atoms with Gasteiger partial charge in [-0.1, -0.05) is 26.3 Å². The van der Waals surface area contributed by atoms with Crippen LogP contribution in [-0.4, -0.2) is 53.9 Å². The maximum atomic E-state index is 12.6. The van der Waals surface area contributed by atoms with Crippen molar-refractivity contribution in [1.29, 1.82) is 0 Å². The molecule has 0 fully saturated rings. The van der Waals surface area contributed by atoms with E-state index in [4.69, 9.17) is 5.73 Å². The number of hydrogen-bond donors (Lipinski definition) is 1. The predicted molar refractivity (Wildman–Crippen MR) is 85.6 cm³/mol. The molecule has 0 aliphatic rings. The molecule has 0 aliphatic heterocycles. The second kappa shape index (κ2) is 8.74. The van der Waals surface area contributed by atoms with Crippen molar-refractivity contribution in [2.75, 3.05) is 27.2 Å². The van der Waals surface area contributed by atoms with Crippen LogP contribution in [0, 0.1) is 5.92 Å². The Labute approximate surface area is 128 Å². The van der Waals surface area contributed by atoms with Crippen LogP contribution in [0.25, 0.3) is 0 Å². The molecule has 0 aliphatic carbocycles. The van der Waals surface area contributed by atoms with Crippen LogP contribution in [0.1, 0.15) is 25.8 Å². The van der Waals surface area contributed by atoms with Crippen molar-refractivity contribution in [2.45, 2.75) is 32.9 Å². The highest BCUT2D eigenvalue weighted by molar-refractivity contribution is 5.82. The fourth-order valence-electron chi connectivity index (χ4n) is 2.01. The lowest BCUT2D eigenvalue weighted by Crippen LogP contribution is -2.48. The van der Waals surface area contributed by atoms with Crippen LogP contribution in [0.3, 0.4) is 0 Å². The molecule has 118 valence electrons. The summed E-state index contributed by atoms with van der Waals surface area (Å²) in [5.41, 5.74) is 7.14. The van der Waals surface area contributed by atoms with Gasteiger partial charge >= 0.3 is 0 Å². The molecule has 0 spiro atoms. The van der Waals surface area contributed by atoms with E-state index < -0.39 is 6.04 Å². The summed E-state index contributed by atoms with van der Waals surface area (Å²) in [6.07, 6.45) is 4.44. The number of rotatable bonds is 8. The third kappa shape index (κ3) is 5.81. The molecule has 1 rings (SSSR count). The number of carbonyl (C=O) groups excluding carboxylic acids is 1. The fourth-order valence-corrected chi connectivity index (χ4v) is 2.01. The smallest absolute Gasteiger partial charge is 0.240 e. The number of likely N-dealkylation sites (N-methyl/N-ethyl adjacent to an activating group) is 1. The van der Waals surface area contributed by atoms with Crippen LogP contribution in [0.5, 0.6) is 0 Å². The molecule has 2 unspecified atom stereocenters. The molecule has 1 amide bonds. The maximum Gasteiger partial charge on any atom is 0.240 e. The first-order chi connectivity index (χ1) is 9.95. The summed E-state index contributed by atoms with van der Waals surface area (Å²) in [5.74, 6) is 0.211. The number of nitrogens with two attached hydrogens (primary N) is 1. The lowest BCUT2D eigenvalue weighted by Gasteiger charge is -2.29. The molecule has 0 bridgehead atoms. The number of nitrogens with zero attached hydrogens (tertiary/aromatic N) is 3. The highest BCUT2D eigenvalue weighted by Crippen LogP contribution is 2.11. The van der Waals surface area contributed by atoms with E-state index in [0.717, 1.165) is 18.5 Å². The molecule has 2 N–H and O–H groups in total. The van der Waals surface area contributed by atoms with Gasteiger partial charge in [-0.2, -0.15) is 0 Å². The molecule has 0 saturated heterocycles. The van der Waals surface area contributed by atoms with E-state index in [1.165, 1.54) is 0 Å². The first-order valence-corrected chi connectivity index (χ1v) is 7.53. The number of pyridine rings is 1. The van der Waals surface area contributed by atoms with Crippen molar-refractivity contribution in [3.05, 3.63) is 30.1 Å². The second-order valence-corrected chi connectivity index (χ2v) is 5.84. The Bertz CT molecular complexity index is 422. The molecular formula is C16H28N4O. The lowest BCUT2D eigenvalue weighted by atomic mass is 9.98. The van der Waals surface area contributed by atoms with E-state index in [1.54, 1.807) is 12.4 Å². The predicted octanol–water partition coefficient (Wildman–Crippen LogP) is 1.35. The van der Waals surface area contributed by atoms with Gasteiger partial charge in [0.1, 0.15) is 0 Å². The second-order valence-electron chi connectivity index (χ2n) is 5.84. The van der Waals surface area contributed by atoms with Crippen LogP contribution in [0.2, 0.25) is 0 Å². The molecule has 0 saturated carbocycles. The van der Waals surface area contributed by atoms with E-state index in [9.17, 15) is 4.79 Å². The van der Waals surface area contributed by atoms with Gasteiger partial charge in [0.25, 0.3) is 0 Å². The third-order valence-electron chi connectivity index (χ3n) is 3.77. The largest absolute Gasteiger partial charge is 0.336 e. The SMILES string of the molecule is CCC(C)C(N)C(=O)N(CCN(C)C)Cc1cccnc1. The van der Waals surface area contributed by atoms with Crippen LogP contribution < -0.4 is 5.73 Å². The fraction of sp³-hybridized carbons (Fsp3) is 0.625. The van der Waals surface area contributed by atoms with Gasteiger partial charge in [-0.15, -0.1) is 0 Å². The van der Waals surface area contributed by atoms with Crippen molar-refractivity contribution < 1.29 is 4.79 Å². The van der Waals surface area contributed by atoms with E-state index >= 15 is 0 Å². The van der Waals surface area contributed by atoms with Gasteiger partial charge < -0.3 is 15.5 Å². The van der Waals surface area contributed by atoms with Gasteiger partial charge in [-0.3, -0.25) is 9.78 Å². The average Bonchev–Trinajstić information content (AvgIpc) is 2.50. The van der Waals surface area contributed by atoms with Crippen molar-refractivity contribution >= 4 is 5.91 Å². The van der Waals surface area contributed by atoms with Gasteiger partial charge in [0.2, 0.25) is 5.91 Å². The van der Waals surface area contributed by atoms with Crippen LogP contribution >= 0.6 is 0 Å². The molecule has 21 heavy (non-hydrogen) atoms. The zero-order valence-electron chi connectivity index (χ0n) is 13.6. The Morgan fingerprint density at radius 3 is 2.62 bits per heavy atom. The standard InChI is InChI=1S/C16H28N4O/c1-5-13(2)15(17)16(21)20(10-9-19(3)4)12-14-7-6-8-18-11-14/h6-8,11,13,15H,5,9-10,12,17H2,1-4H3. The highest BCUT2D eigenvalue weighted by atomic mass is 16.2. The summed E-state index contributed by atoms with van der Waals surface area (Å²) in [6, 6.07) is 3.44. The Hall–Kier alpha value is -1.46. The van der Waals surface area contributed by atoms with Crippen LogP contribution in [0.4, 0.5) is 0 Å². The van der Waals surface area contributed by atoms with Gasteiger partial charge in [-0.25, -0.2) is 0 Å². The Kier molecular flexibility index (Phi) is 7.32. The Morgan fingerprint density at radius 1 is 1.38 bits per heavy atom. The number of aromatic nitrogens is 1. The molecule has 5 nitrogen and oxygen atoms in total. The summed E-state index contributed by atoms with van der Waals surface area (Å²) >= 11 is 0. The summed E-state index contributed by atoms with van der Waals surface area (Å²) in [5, 5.41) is 0. The summed E-state index contributed by atoms with van der Waals surface area (Å²) in [6.45, 7) is 6.13. The van der Waals surface area contributed by atoms with Crippen molar-refractivity contribution in [2.24, 2.45) is 11.7 Å². The summed E-state index contributed by atoms with van der Waals surface area (Å²) in [7, 11) is 4.00. The molecule has 1 heterocycles. The average molecular weight is 292 g/mol. The van der Waals surface area contributed by atoms with Gasteiger partial charge in [0.15, 0.2) is 0 Å². The van der Waals surface area contributed by atoms with Gasteiger partial charge in [0, 0.05) is 32.0 Å². The number of carbonyl (C=O) groups is 1. The zero-order chi connectivity index (χ0) is 15.8. The first kappa shape index (κ1) is 17.6. The maximum absolute atomic E-state index is 12.6. The van der Waals surface area contributed by atoms with Crippen molar-refractivity contribution in [3.8, 4) is 0 Å². The van der Waals surface area contributed by atoms with Crippen LogP contribution in [0.15, 0.2) is 24.5 Å². The zero-order valence-corrected chi connectivity index (χ0v) is 13.6. The number of hydrogen-bond acceptors (Lipinski definition) is 4.